The molecule has 0 aliphatic carbocycles. The zero-order valence-electron chi connectivity index (χ0n) is 11.0. The molecule has 2 heteroatoms. The summed E-state index contributed by atoms with van der Waals surface area (Å²) in [5.41, 5.74) is 0. The van der Waals surface area contributed by atoms with E-state index in [0.717, 1.165) is 12.8 Å². The summed E-state index contributed by atoms with van der Waals surface area (Å²) in [4.78, 5) is 0. The second-order valence-corrected chi connectivity index (χ2v) is 4.79. The van der Waals surface area contributed by atoms with Crippen LogP contribution in [0.25, 0.3) is 0 Å². The van der Waals surface area contributed by atoms with Crippen LogP contribution in [0.5, 0.6) is 0 Å². The first kappa shape index (κ1) is 14.3. The number of rotatable bonds is 10. The summed E-state index contributed by atoms with van der Waals surface area (Å²) in [6.45, 7) is 2.25. The molecule has 1 atom stereocenters. The van der Waals surface area contributed by atoms with Crippen molar-refractivity contribution in [1.29, 1.82) is 0 Å². The fraction of sp³-hybridized carbons (Fsp3) is 0.733. The van der Waals surface area contributed by atoms with Crippen molar-refractivity contribution < 1.29 is 9.52 Å². The molecule has 0 saturated carbocycles. The van der Waals surface area contributed by atoms with Crippen LogP contribution in [0, 0.1) is 0 Å². The number of hydrogen-bond donors (Lipinski definition) is 1. The lowest BCUT2D eigenvalue weighted by molar-refractivity contribution is 0.136. The standard InChI is InChI=1S/C15H26O2/c1-2-3-4-5-6-7-8-9-11-14(16)15-12-10-13-17-15/h10,12-14,16H,2-9,11H2,1H3/t14-/m1/s1. The third-order valence-electron chi connectivity index (χ3n) is 3.20. The van der Waals surface area contributed by atoms with Crippen molar-refractivity contribution in [3.63, 3.8) is 0 Å². The molecule has 1 aromatic rings. The fourth-order valence-electron chi connectivity index (χ4n) is 2.09. The van der Waals surface area contributed by atoms with Crippen LogP contribution in [0.1, 0.15) is 76.6 Å². The molecular formula is C15H26O2. The Morgan fingerprint density at radius 2 is 1.71 bits per heavy atom. The highest BCUT2D eigenvalue weighted by Crippen LogP contribution is 2.20. The Kier molecular flexibility index (Phi) is 7.81. The van der Waals surface area contributed by atoms with Gasteiger partial charge < -0.3 is 9.52 Å². The molecule has 0 aliphatic rings. The third-order valence-corrected chi connectivity index (χ3v) is 3.20. The van der Waals surface area contributed by atoms with Crippen LogP contribution in [0.2, 0.25) is 0 Å². The summed E-state index contributed by atoms with van der Waals surface area (Å²) in [6.07, 6.45) is 12.4. The highest BCUT2D eigenvalue weighted by atomic mass is 16.4. The van der Waals surface area contributed by atoms with Gasteiger partial charge in [0.15, 0.2) is 0 Å². The number of furan rings is 1. The van der Waals surface area contributed by atoms with Gasteiger partial charge in [0, 0.05) is 0 Å². The van der Waals surface area contributed by atoms with Gasteiger partial charge >= 0.3 is 0 Å². The minimum atomic E-state index is -0.412. The zero-order valence-corrected chi connectivity index (χ0v) is 11.0. The topological polar surface area (TPSA) is 33.4 Å². The van der Waals surface area contributed by atoms with E-state index in [-0.39, 0.29) is 0 Å². The van der Waals surface area contributed by atoms with Gasteiger partial charge in [0.05, 0.1) is 6.26 Å². The summed E-state index contributed by atoms with van der Waals surface area (Å²) in [6, 6.07) is 3.67. The molecule has 0 radical (unpaired) electrons. The predicted molar refractivity (Wildman–Crippen MR) is 70.9 cm³/mol. The van der Waals surface area contributed by atoms with E-state index in [1.54, 1.807) is 6.26 Å². The summed E-state index contributed by atoms with van der Waals surface area (Å²) in [5, 5.41) is 9.79. The molecule has 0 spiro atoms. The van der Waals surface area contributed by atoms with Crippen molar-refractivity contribution >= 4 is 0 Å². The molecule has 0 saturated heterocycles. The van der Waals surface area contributed by atoms with Gasteiger partial charge in [-0.2, -0.15) is 0 Å². The maximum Gasteiger partial charge on any atom is 0.132 e. The molecule has 0 amide bonds. The maximum absolute atomic E-state index is 9.79. The Bertz CT molecular complexity index is 254. The monoisotopic (exact) mass is 238 g/mol. The van der Waals surface area contributed by atoms with Crippen LogP contribution in [-0.2, 0) is 0 Å². The summed E-state index contributed by atoms with van der Waals surface area (Å²) >= 11 is 0. The number of aliphatic hydroxyl groups is 1. The van der Waals surface area contributed by atoms with Crippen molar-refractivity contribution in [2.24, 2.45) is 0 Å². The highest BCUT2D eigenvalue weighted by Gasteiger charge is 2.08. The zero-order chi connectivity index (χ0) is 12.3. The molecule has 0 bridgehead atoms. The van der Waals surface area contributed by atoms with E-state index in [9.17, 15) is 5.11 Å². The van der Waals surface area contributed by atoms with E-state index in [2.05, 4.69) is 6.92 Å². The number of hydrogen-bond acceptors (Lipinski definition) is 2. The van der Waals surface area contributed by atoms with Gasteiger partial charge in [-0.3, -0.25) is 0 Å². The van der Waals surface area contributed by atoms with Gasteiger partial charge in [0.1, 0.15) is 11.9 Å². The Morgan fingerprint density at radius 1 is 1.06 bits per heavy atom. The minimum Gasteiger partial charge on any atom is -0.467 e. The minimum absolute atomic E-state index is 0.412. The van der Waals surface area contributed by atoms with Gasteiger partial charge in [-0.25, -0.2) is 0 Å². The van der Waals surface area contributed by atoms with Crippen molar-refractivity contribution in [2.75, 3.05) is 0 Å². The van der Waals surface area contributed by atoms with E-state index in [0.29, 0.717) is 5.76 Å². The highest BCUT2D eigenvalue weighted by molar-refractivity contribution is 5.01. The molecule has 2 nitrogen and oxygen atoms in total. The molecule has 17 heavy (non-hydrogen) atoms. The summed E-state index contributed by atoms with van der Waals surface area (Å²) in [5.74, 6) is 0.702. The Labute approximate surface area is 105 Å². The largest absolute Gasteiger partial charge is 0.467 e. The molecule has 0 fully saturated rings. The number of aliphatic hydroxyl groups excluding tert-OH is 1. The van der Waals surface area contributed by atoms with E-state index in [4.69, 9.17) is 4.42 Å². The smallest absolute Gasteiger partial charge is 0.132 e. The van der Waals surface area contributed by atoms with E-state index in [1.807, 2.05) is 12.1 Å². The molecule has 1 aromatic heterocycles. The maximum atomic E-state index is 9.79. The third kappa shape index (κ3) is 6.52. The van der Waals surface area contributed by atoms with Gasteiger partial charge in [0.25, 0.3) is 0 Å². The molecular weight excluding hydrogens is 212 g/mol. The molecule has 0 aliphatic heterocycles. The van der Waals surface area contributed by atoms with Crippen molar-refractivity contribution in [3.8, 4) is 0 Å². The van der Waals surface area contributed by atoms with Crippen LogP contribution in [0.3, 0.4) is 0 Å². The van der Waals surface area contributed by atoms with Crippen molar-refractivity contribution in [1.82, 2.24) is 0 Å². The first-order valence-corrected chi connectivity index (χ1v) is 7.06. The van der Waals surface area contributed by atoms with Gasteiger partial charge in [-0.05, 0) is 18.6 Å². The molecule has 1 N–H and O–H groups in total. The lowest BCUT2D eigenvalue weighted by atomic mass is 10.0. The van der Waals surface area contributed by atoms with Crippen LogP contribution in [-0.4, -0.2) is 5.11 Å². The summed E-state index contributed by atoms with van der Waals surface area (Å²) < 4.78 is 5.17. The Hall–Kier alpha value is -0.760. The normalized spacial score (nSPS) is 12.8. The molecule has 98 valence electrons. The van der Waals surface area contributed by atoms with Crippen molar-refractivity contribution in [2.45, 2.75) is 70.8 Å². The van der Waals surface area contributed by atoms with Crippen LogP contribution in [0.4, 0.5) is 0 Å². The lowest BCUT2D eigenvalue weighted by Gasteiger charge is -2.07. The Balaban J connectivity index is 1.90. The van der Waals surface area contributed by atoms with Gasteiger partial charge in [-0.15, -0.1) is 0 Å². The van der Waals surface area contributed by atoms with E-state index < -0.39 is 6.10 Å². The van der Waals surface area contributed by atoms with E-state index >= 15 is 0 Å². The molecule has 0 aromatic carbocycles. The average Bonchev–Trinajstić information content (AvgIpc) is 2.86. The first-order valence-electron chi connectivity index (χ1n) is 7.06. The van der Waals surface area contributed by atoms with Crippen LogP contribution in [0.15, 0.2) is 22.8 Å². The lowest BCUT2D eigenvalue weighted by Crippen LogP contribution is -1.95. The second kappa shape index (κ2) is 9.29. The SMILES string of the molecule is CCCCCCCCCC[C@@H](O)c1ccco1. The molecule has 0 unspecified atom stereocenters. The first-order chi connectivity index (χ1) is 8.34. The van der Waals surface area contributed by atoms with Crippen molar-refractivity contribution in [3.05, 3.63) is 24.2 Å². The molecule has 1 rings (SSSR count). The quantitative estimate of drug-likeness (QED) is 0.591. The van der Waals surface area contributed by atoms with Crippen LogP contribution < -0.4 is 0 Å². The second-order valence-electron chi connectivity index (χ2n) is 4.79. The summed E-state index contributed by atoms with van der Waals surface area (Å²) in [7, 11) is 0. The fourth-order valence-corrected chi connectivity index (χ4v) is 2.09. The molecule has 1 heterocycles. The predicted octanol–water partition coefficient (Wildman–Crippen LogP) is 4.84. The van der Waals surface area contributed by atoms with Crippen LogP contribution >= 0.6 is 0 Å². The van der Waals surface area contributed by atoms with E-state index in [1.165, 1.54) is 44.9 Å². The Morgan fingerprint density at radius 3 is 2.29 bits per heavy atom. The number of unbranched alkanes of at least 4 members (excludes halogenated alkanes) is 7. The average molecular weight is 238 g/mol. The van der Waals surface area contributed by atoms with Gasteiger partial charge in [-0.1, -0.05) is 58.3 Å². The van der Waals surface area contributed by atoms with Gasteiger partial charge in [0.2, 0.25) is 0 Å².